The van der Waals surface area contributed by atoms with Crippen molar-refractivity contribution in [3.05, 3.63) is 84.2 Å². The number of fused-ring (bicyclic) bond motifs is 1. The Morgan fingerprint density at radius 2 is 1.64 bits per heavy atom. The van der Waals surface area contributed by atoms with Crippen molar-refractivity contribution in [3.63, 3.8) is 0 Å². The minimum Gasteiger partial charge on any atom is -0.311 e. The van der Waals surface area contributed by atoms with E-state index >= 15 is 0 Å². The molecule has 0 fully saturated rings. The van der Waals surface area contributed by atoms with Gasteiger partial charge >= 0.3 is 6.18 Å². The first-order valence-electron chi connectivity index (χ1n) is 9.68. The van der Waals surface area contributed by atoms with Crippen LogP contribution in [0.15, 0.2) is 78.0 Å². The van der Waals surface area contributed by atoms with Crippen LogP contribution >= 0.6 is 0 Å². The van der Waals surface area contributed by atoms with Crippen molar-refractivity contribution < 1.29 is 26.4 Å². The van der Waals surface area contributed by atoms with Gasteiger partial charge in [-0.3, -0.25) is 4.79 Å². The molecule has 0 bridgehead atoms. The molecule has 33 heavy (non-hydrogen) atoms. The van der Waals surface area contributed by atoms with Crippen LogP contribution in [0.5, 0.6) is 0 Å². The highest BCUT2D eigenvalue weighted by atomic mass is 32.2. The Hall–Kier alpha value is -3.66. The summed E-state index contributed by atoms with van der Waals surface area (Å²) in [5.74, 6) is -0.352. The molecule has 0 saturated carbocycles. The fourth-order valence-corrected chi connectivity index (χ4v) is 4.03. The Bertz CT molecular complexity index is 1440. The summed E-state index contributed by atoms with van der Waals surface area (Å²) in [6.45, 7) is 0. The highest BCUT2D eigenvalue weighted by Gasteiger charge is 2.30. The van der Waals surface area contributed by atoms with Crippen LogP contribution < -0.4 is 4.90 Å². The summed E-state index contributed by atoms with van der Waals surface area (Å²) in [6.07, 6.45) is -0.136. The van der Waals surface area contributed by atoms with Crippen LogP contribution in [0.3, 0.4) is 0 Å². The molecule has 2 aromatic heterocycles. The zero-order valence-electron chi connectivity index (χ0n) is 17.5. The lowest BCUT2D eigenvalue weighted by Crippen LogP contribution is -2.26. The van der Waals surface area contributed by atoms with Crippen LogP contribution in [0.4, 0.5) is 18.9 Å². The van der Waals surface area contributed by atoms with E-state index in [0.717, 1.165) is 18.4 Å². The lowest BCUT2D eigenvalue weighted by molar-refractivity contribution is -0.137. The number of alkyl halides is 3. The van der Waals surface area contributed by atoms with Gasteiger partial charge < -0.3 is 4.90 Å². The summed E-state index contributed by atoms with van der Waals surface area (Å²) in [5, 5.41) is 4.24. The van der Waals surface area contributed by atoms with E-state index in [-0.39, 0.29) is 10.8 Å². The maximum absolute atomic E-state index is 12.9. The highest BCUT2D eigenvalue weighted by molar-refractivity contribution is 7.90. The molecule has 0 spiro atoms. The predicted octanol–water partition coefficient (Wildman–Crippen LogP) is 4.70. The second-order valence-electron chi connectivity index (χ2n) is 7.51. The third kappa shape index (κ3) is 4.47. The molecule has 0 aliphatic rings. The summed E-state index contributed by atoms with van der Waals surface area (Å²) >= 11 is 0. The van der Waals surface area contributed by atoms with E-state index in [9.17, 15) is 26.4 Å². The molecular formula is C23H18F3N3O3S. The van der Waals surface area contributed by atoms with Crippen molar-refractivity contribution in [2.75, 3.05) is 18.2 Å². The number of carbonyl (C=O) groups excluding carboxylic acids is 1. The number of amides is 1. The van der Waals surface area contributed by atoms with E-state index in [2.05, 4.69) is 5.10 Å². The Morgan fingerprint density at radius 1 is 1.00 bits per heavy atom. The quantitative estimate of drug-likeness (QED) is 0.431. The van der Waals surface area contributed by atoms with Gasteiger partial charge in [-0.25, -0.2) is 12.9 Å². The molecule has 2 heterocycles. The predicted molar refractivity (Wildman–Crippen MR) is 118 cm³/mol. The number of sulfone groups is 1. The van der Waals surface area contributed by atoms with Gasteiger partial charge in [-0.15, -0.1) is 0 Å². The first kappa shape index (κ1) is 22.5. The maximum Gasteiger partial charge on any atom is 0.416 e. The van der Waals surface area contributed by atoms with Crippen molar-refractivity contribution in [3.8, 4) is 11.1 Å². The zero-order valence-corrected chi connectivity index (χ0v) is 18.4. The van der Waals surface area contributed by atoms with Crippen molar-refractivity contribution in [2.24, 2.45) is 0 Å². The first-order chi connectivity index (χ1) is 15.4. The van der Waals surface area contributed by atoms with Crippen LogP contribution in [0.1, 0.15) is 15.9 Å². The van der Waals surface area contributed by atoms with E-state index in [1.165, 1.54) is 41.3 Å². The van der Waals surface area contributed by atoms with Crippen LogP contribution in [0, 0.1) is 0 Å². The number of rotatable bonds is 4. The lowest BCUT2D eigenvalue weighted by atomic mass is 10.0. The summed E-state index contributed by atoms with van der Waals surface area (Å²) in [4.78, 5) is 14.4. The van der Waals surface area contributed by atoms with Gasteiger partial charge in [-0.2, -0.15) is 18.3 Å². The van der Waals surface area contributed by atoms with Crippen molar-refractivity contribution in [2.45, 2.75) is 11.1 Å². The molecule has 1 amide bonds. The average Bonchev–Trinajstić information content (AvgIpc) is 3.20. The molecule has 4 aromatic rings. The molecule has 0 aliphatic carbocycles. The fourth-order valence-electron chi connectivity index (χ4n) is 3.39. The van der Waals surface area contributed by atoms with Crippen molar-refractivity contribution in [1.29, 1.82) is 0 Å². The molecule has 2 aromatic carbocycles. The number of aromatic nitrogens is 2. The first-order valence-corrected chi connectivity index (χ1v) is 11.6. The van der Waals surface area contributed by atoms with Crippen LogP contribution in [0.2, 0.25) is 0 Å². The number of benzene rings is 2. The summed E-state index contributed by atoms with van der Waals surface area (Å²) in [6, 6.07) is 13.8. The SMILES string of the molecule is CN(C(=O)c1ccc(S(C)(=O)=O)cc1)c1ccn2ncc(-c3ccc(C(F)(F)F)cc3)c2c1. The van der Waals surface area contributed by atoms with E-state index in [1.807, 2.05) is 0 Å². The molecule has 0 N–H and O–H groups in total. The fraction of sp³-hybridized carbons (Fsp3) is 0.130. The minimum atomic E-state index is -4.42. The number of hydrogen-bond donors (Lipinski definition) is 0. The highest BCUT2D eigenvalue weighted by Crippen LogP contribution is 2.32. The molecule has 4 rings (SSSR count). The largest absolute Gasteiger partial charge is 0.416 e. The van der Waals surface area contributed by atoms with Gasteiger partial charge in [0.25, 0.3) is 5.91 Å². The van der Waals surface area contributed by atoms with Crippen LogP contribution in [-0.2, 0) is 16.0 Å². The number of halogens is 3. The van der Waals surface area contributed by atoms with Gasteiger partial charge in [0, 0.05) is 36.3 Å². The molecule has 10 heteroatoms. The second-order valence-corrected chi connectivity index (χ2v) is 9.52. The average molecular weight is 473 g/mol. The molecule has 0 atom stereocenters. The molecule has 6 nitrogen and oxygen atoms in total. The standard InChI is InChI=1S/C23H18F3N3O3S/c1-28(22(30)16-5-9-19(10-6-16)33(2,31)32)18-11-12-29-21(13-18)20(14-27-29)15-3-7-17(8-4-15)23(24,25)26/h3-14H,1-2H3. The van der Waals surface area contributed by atoms with Crippen molar-refractivity contribution >= 4 is 26.9 Å². The van der Waals surface area contributed by atoms with Gasteiger partial charge in [0.2, 0.25) is 0 Å². The maximum atomic E-state index is 12.9. The third-order valence-electron chi connectivity index (χ3n) is 5.25. The number of hydrogen-bond acceptors (Lipinski definition) is 4. The molecule has 0 radical (unpaired) electrons. The zero-order chi connectivity index (χ0) is 24.0. The van der Waals surface area contributed by atoms with Gasteiger partial charge in [-0.05, 0) is 54.1 Å². The number of nitrogens with zero attached hydrogens (tertiary/aromatic N) is 3. The van der Waals surface area contributed by atoms with E-state index in [4.69, 9.17) is 0 Å². The van der Waals surface area contributed by atoms with Crippen molar-refractivity contribution in [1.82, 2.24) is 9.61 Å². The van der Waals surface area contributed by atoms with E-state index in [1.54, 1.807) is 36.1 Å². The van der Waals surface area contributed by atoms with Crippen LogP contribution in [-0.4, -0.2) is 37.2 Å². The normalized spacial score (nSPS) is 12.2. The van der Waals surface area contributed by atoms with Gasteiger partial charge in [0.05, 0.1) is 22.2 Å². The molecule has 170 valence electrons. The Kier molecular flexibility index (Phi) is 5.49. The molecular weight excluding hydrogens is 455 g/mol. The van der Waals surface area contributed by atoms with E-state index in [0.29, 0.717) is 27.9 Å². The molecule has 0 saturated heterocycles. The van der Waals surface area contributed by atoms with Crippen LogP contribution in [0.25, 0.3) is 16.6 Å². The summed E-state index contributed by atoms with van der Waals surface area (Å²) in [7, 11) is -1.80. The summed E-state index contributed by atoms with van der Waals surface area (Å²) < 4.78 is 63.4. The van der Waals surface area contributed by atoms with Gasteiger partial charge in [0.15, 0.2) is 9.84 Å². The number of pyridine rings is 1. The molecule has 0 unspecified atom stereocenters. The minimum absolute atomic E-state index is 0.114. The number of carbonyl (C=O) groups is 1. The number of anilines is 1. The smallest absolute Gasteiger partial charge is 0.311 e. The Morgan fingerprint density at radius 3 is 2.21 bits per heavy atom. The Labute approximate surface area is 187 Å². The van der Waals surface area contributed by atoms with Gasteiger partial charge in [-0.1, -0.05) is 12.1 Å². The Balaban J connectivity index is 1.66. The monoisotopic (exact) mass is 473 g/mol. The van der Waals surface area contributed by atoms with Gasteiger partial charge in [0.1, 0.15) is 0 Å². The lowest BCUT2D eigenvalue weighted by Gasteiger charge is -2.18. The second kappa shape index (κ2) is 8.04. The third-order valence-corrected chi connectivity index (χ3v) is 6.38. The molecule has 0 aliphatic heterocycles. The topological polar surface area (TPSA) is 71.8 Å². The van der Waals surface area contributed by atoms with E-state index < -0.39 is 21.6 Å². The summed E-state index contributed by atoms with van der Waals surface area (Å²) in [5.41, 5.74) is 1.88.